The molecular formula is C11H21NO3. The van der Waals surface area contributed by atoms with Gasteiger partial charge in [-0.2, -0.15) is 0 Å². The lowest BCUT2D eigenvalue weighted by Gasteiger charge is -2.01. The number of ketones is 1. The number of carbonyl (C=O) groups is 2. The van der Waals surface area contributed by atoms with Crippen molar-refractivity contribution in [1.29, 1.82) is 0 Å². The van der Waals surface area contributed by atoms with Crippen LogP contribution in [0.5, 0.6) is 0 Å². The van der Waals surface area contributed by atoms with Gasteiger partial charge in [0.15, 0.2) is 0 Å². The van der Waals surface area contributed by atoms with Crippen molar-refractivity contribution >= 4 is 11.7 Å². The summed E-state index contributed by atoms with van der Waals surface area (Å²) in [6, 6.07) is 0. The van der Waals surface area contributed by atoms with E-state index in [0.717, 1.165) is 25.9 Å². The van der Waals surface area contributed by atoms with Gasteiger partial charge >= 0.3 is 0 Å². The molecule has 0 heterocycles. The van der Waals surface area contributed by atoms with Crippen LogP contribution < -0.4 is 5.32 Å². The fourth-order valence-corrected chi connectivity index (χ4v) is 1.25. The standard InChI is InChI=1S/C11H21NO3/c1-12-11(14)8-7-10(13)6-4-3-5-9-15-2/h3-9H2,1-2H3,(H,12,14). The molecule has 1 N–H and O–H groups in total. The van der Waals surface area contributed by atoms with Crippen LogP contribution in [-0.4, -0.2) is 32.5 Å². The smallest absolute Gasteiger partial charge is 0.220 e. The molecule has 0 aromatic rings. The maximum atomic E-state index is 11.3. The Labute approximate surface area is 91.4 Å². The molecule has 88 valence electrons. The predicted octanol–water partition coefficient (Wildman–Crippen LogP) is 1.29. The third-order valence-corrected chi connectivity index (χ3v) is 2.21. The second-order valence-corrected chi connectivity index (χ2v) is 3.52. The highest BCUT2D eigenvalue weighted by atomic mass is 16.5. The summed E-state index contributed by atoms with van der Waals surface area (Å²) < 4.78 is 4.90. The van der Waals surface area contributed by atoms with Crippen LogP contribution >= 0.6 is 0 Å². The van der Waals surface area contributed by atoms with Crippen LogP contribution in [0.1, 0.15) is 38.5 Å². The Morgan fingerprint density at radius 3 is 2.40 bits per heavy atom. The summed E-state index contributed by atoms with van der Waals surface area (Å²) in [4.78, 5) is 22.1. The molecule has 0 aliphatic carbocycles. The number of hydrogen-bond donors (Lipinski definition) is 1. The van der Waals surface area contributed by atoms with E-state index < -0.39 is 0 Å². The van der Waals surface area contributed by atoms with Crippen molar-refractivity contribution in [3.63, 3.8) is 0 Å². The molecule has 0 saturated heterocycles. The lowest BCUT2D eigenvalue weighted by molar-refractivity contribution is -0.125. The van der Waals surface area contributed by atoms with Gasteiger partial charge in [0.1, 0.15) is 5.78 Å². The van der Waals surface area contributed by atoms with Crippen molar-refractivity contribution < 1.29 is 14.3 Å². The molecule has 0 unspecified atom stereocenters. The second kappa shape index (κ2) is 9.65. The van der Waals surface area contributed by atoms with E-state index in [1.807, 2.05) is 0 Å². The SMILES string of the molecule is CNC(=O)CCC(=O)CCCCCOC. The summed E-state index contributed by atoms with van der Waals surface area (Å²) in [7, 11) is 3.26. The summed E-state index contributed by atoms with van der Waals surface area (Å²) in [5.74, 6) is 0.110. The van der Waals surface area contributed by atoms with Crippen molar-refractivity contribution in [2.45, 2.75) is 38.5 Å². The minimum Gasteiger partial charge on any atom is -0.385 e. The van der Waals surface area contributed by atoms with Crippen LogP contribution in [0.2, 0.25) is 0 Å². The molecule has 0 spiro atoms. The Kier molecular flexibility index (Phi) is 9.07. The van der Waals surface area contributed by atoms with E-state index in [-0.39, 0.29) is 11.7 Å². The number of hydrogen-bond acceptors (Lipinski definition) is 3. The molecule has 0 bridgehead atoms. The van der Waals surface area contributed by atoms with E-state index in [9.17, 15) is 9.59 Å². The normalized spacial score (nSPS) is 10.0. The third kappa shape index (κ3) is 9.41. The molecule has 0 atom stereocenters. The third-order valence-electron chi connectivity index (χ3n) is 2.21. The molecule has 0 saturated carbocycles. The summed E-state index contributed by atoms with van der Waals surface area (Å²) in [5, 5.41) is 2.50. The Hall–Kier alpha value is -0.900. The molecule has 0 radical (unpaired) electrons. The number of unbranched alkanes of at least 4 members (excludes halogenated alkanes) is 2. The minimum absolute atomic E-state index is 0.0669. The summed E-state index contributed by atoms with van der Waals surface area (Å²) in [6.45, 7) is 0.756. The van der Waals surface area contributed by atoms with Gasteiger partial charge in [-0.3, -0.25) is 9.59 Å². The first-order valence-electron chi connectivity index (χ1n) is 5.42. The van der Waals surface area contributed by atoms with Crippen LogP contribution in [0.15, 0.2) is 0 Å². The van der Waals surface area contributed by atoms with Gasteiger partial charge in [0.2, 0.25) is 5.91 Å². The predicted molar refractivity (Wildman–Crippen MR) is 58.7 cm³/mol. The van der Waals surface area contributed by atoms with Crippen LogP contribution in [-0.2, 0) is 14.3 Å². The van der Waals surface area contributed by atoms with Crippen molar-refractivity contribution in [3.05, 3.63) is 0 Å². The average molecular weight is 215 g/mol. The fraction of sp³-hybridized carbons (Fsp3) is 0.818. The van der Waals surface area contributed by atoms with E-state index in [4.69, 9.17) is 4.74 Å². The van der Waals surface area contributed by atoms with Gasteiger partial charge in [0, 0.05) is 40.0 Å². The first-order chi connectivity index (χ1) is 7.20. The molecule has 0 aliphatic rings. The summed E-state index contributed by atoms with van der Waals surface area (Å²) in [5.41, 5.74) is 0. The molecule has 4 heteroatoms. The van der Waals surface area contributed by atoms with Gasteiger partial charge in [-0.05, 0) is 12.8 Å². The zero-order valence-electron chi connectivity index (χ0n) is 9.67. The molecule has 0 rings (SSSR count). The molecule has 4 nitrogen and oxygen atoms in total. The number of methoxy groups -OCH3 is 1. The Morgan fingerprint density at radius 1 is 1.07 bits per heavy atom. The zero-order chi connectivity index (χ0) is 11.5. The first kappa shape index (κ1) is 14.1. The topological polar surface area (TPSA) is 55.4 Å². The number of carbonyl (C=O) groups excluding carboxylic acids is 2. The highest BCUT2D eigenvalue weighted by molar-refractivity contribution is 5.84. The summed E-state index contributed by atoms with van der Waals surface area (Å²) >= 11 is 0. The van der Waals surface area contributed by atoms with Crippen molar-refractivity contribution in [2.75, 3.05) is 20.8 Å². The number of rotatable bonds is 9. The number of Topliss-reactive ketones (excluding diaryl/α,β-unsaturated/α-hetero) is 1. The Bertz CT molecular complexity index is 192. The van der Waals surface area contributed by atoms with Gasteiger partial charge in [-0.15, -0.1) is 0 Å². The van der Waals surface area contributed by atoms with E-state index in [2.05, 4.69) is 5.32 Å². The van der Waals surface area contributed by atoms with Gasteiger partial charge in [-0.25, -0.2) is 0 Å². The largest absolute Gasteiger partial charge is 0.385 e. The van der Waals surface area contributed by atoms with E-state index >= 15 is 0 Å². The van der Waals surface area contributed by atoms with Gasteiger partial charge in [0.25, 0.3) is 0 Å². The monoisotopic (exact) mass is 215 g/mol. The zero-order valence-corrected chi connectivity index (χ0v) is 9.67. The molecule has 1 amide bonds. The van der Waals surface area contributed by atoms with Crippen LogP contribution in [0, 0.1) is 0 Å². The van der Waals surface area contributed by atoms with Gasteiger partial charge in [-0.1, -0.05) is 6.42 Å². The first-order valence-corrected chi connectivity index (χ1v) is 5.42. The maximum Gasteiger partial charge on any atom is 0.220 e. The lowest BCUT2D eigenvalue weighted by Crippen LogP contribution is -2.18. The van der Waals surface area contributed by atoms with Crippen molar-refractivity contribution in [1.82, 2.24) is 5.32 Å². The van der Waals surface area contributed by atoms with E-state index in [1.165, 1.54) is 0 Å². The van der Waals surface area contributed by atoms with Gasteiger partial charge < -0.3 is 10.1 Å². The fourth-order valence-electron chi connectivity index (χ4n) is 1.25. The highest BCUT2D eigenvalue weighted by Gasteiger charge is 2.04. The number of amides is 1. The van der Waals surface area contributed by atoms with Crippen LogP contribution in [0.3, 0.4) is 0 Å². The van der Waals surface area contributed by atoms with E-state index in [0.29, 0.717) is 19.3 Å². The number of nitrogens with one attached hydrogen (secondary N) is 1. The molecule has 0 fully saturated rings. The second-order valence-electron chi connectivity index (χ2n) is 3.52. The van der Waals surface area contributed by atoms with E-state index in [1.54, 1.807) is 14.2 Å². The van der Waals surface area contributed by atoms with Crippen molar-refractivity contribution in [3.8, 4) is 0 Å². The van der Waals surface area contributed by atoms with Crippen LogP contribution in [0.25, 0.3) is 0 Å². The van der Waals surface area contributed by atoms with Crippen LogP contribution in [0.4, 0.5) is 0 Å². The maximum absolute atomic E-state index is 11.3. The number of ether oxygens (including phenoxy) is 1. The Balaban J connectivity index is 3.30. The van der Waals surface area contributed by atoms with Gasteiger partial charge in [0.05, 0.1) is 0 Å². The Morgan fingerprint density at radius 2 is 1.80 bits per heavy atom. The molecule has 15 heavy (non-hydrogen) atoms. The molecule has 0 aliphatic heterocycles. The lowest BCUT2D eigenvalue weighted by atomic mass is 10.1. The average Bonchev–Trinajstić information content (AvgIpc) is 2.25. The quantitative estimate of drug-likeness (QED) is 0.590. The van der Waals surface area contributed by atoms with Crippen molar-refractivity contribution in [2.24, 2.45) is 0 Å². The highest BCUT2D eigenvalue weighted by Crippen LogP contribution is 2.04. The molecule has 0 aromatic heterocycles. The summed E-state index contributed by atoms with van der Waals surface area (Å²) in [6.07, 6.45) is 4.17. The minimum atomic E-state index is -0.0669. The molecular weight excluding hydrogens is 194 g/mol. The molecule has 0 aromatic carbocycles.